The van der Waals surface area contributed by atoms with Crippen LogP contribution in [0.3, 0.4) is 0 Å². The Balaban J connectivity index is 1.83. The van der Waals surface area contributed by atoms with Crippen LogP contribution in [0.25, 0.3) is 0 Å². The van der Waals surface area contributed by atoms with Crippen LogP contribution < -0.4 is 10.6 Å². The molecule has 0 aromatic heterocycles. The fourth-order valence-electron chi connectivity index (χ4n) is 2.73. The predicted molar refractivity (Wildman–Crippen MR) is 83.1 cm³/mol. The Morgan fingerprint density at radius 1 is 1.29 bits per heavy atom. The fourth-order valence-corrected chi connectivity index (χ4v) is 2.73. The molecule has 0 saturated carbocycles. The zero-order valence-corrected chi connectivity index (χ0v) is 12.7. The van der Waals surface area contributed by atoms with Crippen LogP contribution in [0.4, 0.5) is 5.69 Å². The highest BCUT2D eigenvalue weighted by molar-refractivity contribution is 6.39. The Hall–Kier alpha value is -1.88. The van der Waals surface area contributed by atoms with E-state index in [2.05, 4.69) is 22.5 Å². The van der Waals surface area contributed by atoms with E-state index in [9.17, 15) is 9.59 Å². The Morgan fingerprint density at radius 2 is 2.05 bits per heavy atom. The predicted octanol–water partition coefficient (Wildman–Crippen LogP) is 1.53. The van der Waals surface area contributed by atoms with E-state index in [0.717, 1.165) is 31.5 Å². The summed E-state index contributed by atoms with van der Waals surface area (Å²) in [6.07, 6.45) is 2.23. The third-order valence-corrected chi connectivity index (χ3v) is 4.00. The lowest BCUT2D eigenvalue weighted by Gasteiger charge is -2.22. The van der Waals surface area contributed by atoms with E-state index >= 15 is 0 Å². The van der Waals surface area contributed by atoms with Crippen molar-refractivity contribution >= 4 is 17.5 Å². The van der Waals surface area contributed by atoms with Crippen molar-refractivity contribution < 1.29 is 9.59 Å². The van der Waals surface area contributed by atoms with Crippen LogP contribution in [0.1, 0.15) is 25.3 Å². The lowest BCUT2D eigenvalue weighted by molar-refractivity contribution is -0.136. The van der Waals surface area contributed by atoms with E-state index in [-0.39, 0.29) is 0 Å². The molecule has 1 aliphatic heterocycles. The first kappa shape index (κ1) is 15.5. The average molecular weight is 289 g/mol. The molecule has 1 heterocycles. The minimum absolute atomic E-state index is 0.352. The average Bonchev–Trinajstić information content (AvgIpc) is 2.94. The number of para-hydroxylation sites is 1. The number of amides is 2. The molecule has 2 N–H and O–H groups in total. The first-order valence-electron chi connectivity index (χ1n) is 7.50. The van der Waals surface area contributed by atoms with Gasteiger partial charge in [-0.25, -0.2) is 0 Å². The molecule has 1 aromatic rings. The molecular weight excluding hydrogens is 266 g/mol. The van der Waals surface area contributed by atoms with E-state index in [0.29, 0.717) is 18.3 Å². The molecule has 1 atom stereocenters. The molecule has 0 radical (unpaired) electrons. The van der Waals surface area contributed by atoms with Gasteiger partial charge in [-0.05, 0) is 44.5 Å². The van der Waals surface area contributed by atoms with Crippen molar-refractivity contribution in [2.75, 3.05) is 25.0 Å². The SMILES string of the molecule is CCN1CCC[C@H]1CNC(=O)C(=O)Nc1ccccc1C. The van der Waals surface area contributed by atoms with Crippen LogP contribution >= 0.6 is 0 Å². The molecule has 2 amide bonds. The van der Waals surface area contributed by atoms with E-state index in [1.54, 1.807) is 6.07 Å². The van der Waals surface area contributed by atoms with Crippen molar-refractivity contribution in [3.8, 4) is 0 Å². The monoisotopic (exact) mass is 289 g/mol. The van der Waals surface area contributed by atoms with E-state index in [1.807, 2.05) is 25.1 Å². The van der Waals surface area contributed by atoms with Crippen LogP contribution in [0, 0.1) is 6.92 Å². The lowest BCUT2D eigenvalue weighted by atomic mass is 10.2. The molecule has 21 heavy (non-hydrogen) atoms. The fraction of sp³-hybridized carbons (Fsp3) is 0.500. The number of carbonyl (C=O) groups excluding carboxylic acids is 2. The van der Waals surface area contributed by atoms with Crippen LogP contribution in [0.5, 0.6) is 0 Å². The van der Waals surface area contributed by atoms with E-state index in [4.69, 9.17) is 0 Å². The first-order chi connectivity index (χ1) is 10.1. The Morgan fingerprint density at radius 3 is 2.76 bits per heavy atom. The van der Waals surface area contributed by atoms with Crippen LogP contribution in [0.15, 0.2) is 24.3 Å². The van der Waals surface area contributed by atoms with Gasteiger partial charge < -0.3 is 10.6 Å². The van der Waals surface area contributed by atoms with Gasteiger partial charge in [0.2, 0.25) is 0 Å². The molecule has 5 nitrogen and oxygen atoms in total. The molecule has 5 heteroatoms. The van der Waals surface area contributed by atoms with Crippen molar-refractivity contribution in [3.05, 3.63) is 29.8 Å². The quantitative estimate of drug-likeness (QED) is 0.826. The second-order valence-electron chi connectivity index (χ2n) is 5.40. The summed E-state index contributed by atoms with van der Waals surface area (Å²) >= 11 is 0. The molecular formula is C16H23N3O2. The van der Waals surface area contributed by atoms with Crippen molar-refractivity contribution in [1.82, 2.24) is 10.2 Å². The maximum absolute atomic E-state index is 11.9. The second kappa shape index (κ2) is 7.22. The van der Waals surface area contributed by atoms with Gasteiger partial charge in [0.1, 0.15) is 0 Å². The zero-order chi connectivity index (χ0) is 15.2. The number of nitrogens with zero attached hydrogens (tertiary/aromatic N) is 1. The number of nitrogens with one attached hydrogen (secondary N) is 2. The molecule has 0 aliphatic carbocycles. The van der Waals surface area contributed by atoms with Gasteiger partial charge in [-0.1, -0.05) is 25.1 Å². The zero-order valence-electron chi connectivity index (χ0n) is 12.7. The first-order valence-corrected chi connectivity index (χ1v) is 7.50. The summed E-state index contributed by atoms with van der Waals surface area (Å²) in [7, 11) is 0. The number of carbonyl (C=O) groups is 2. The maximum atomic E-state index is 11.9. The van der Waals surface area contributed by atoms with Crippen molar-refractivity contribution in [3.63, 3.8) is 0 Å². The van der Waals surface area contributed by atoms with Gasteiger partial charge in [-0.2, -0.15) is 0 Å². The number of likely N-dealkylation sites (tertiary alicyclic amines) is 1. The summed E-state index contributed by atoms with van der Waals surface area (Å²) in [4.78, 5) is 26.1. The minimum Gasteiger partial charge on any atom is -0.346 e. The highest BCUT2D eigenvalue weighted by Crippen LogP contribution is 2.15. The number of anilines is 1. The lowest BCUT2D eigenvalue weighted by Crippen LogP contribution is -2.43. The number of hydrogen-bond acceptors (Lipinski definition) is 3. The summed E-state index contributed by atoms with van der Waals surface area (Å²) in [5, 5.41) is 5.38. The van der Waals surface area contributed by atoms with Crippen molar-refractivity contribution in [1.29, 1.82) is 0 Å². The number of likely N-dealkylation sites (N-methyl/N-ethyl adjacent to an activating group) is 1. The number of benzene rings is 1. The molecule has 0 unspecified atom stereocenters. The smallest absolute Gasteiger partial charge is 0.313 e. The number of hydrogen-bond donors (Lipinski definition) is 2. The van der Waals surface area contributed by atoms with Crippen molar-refractivity contribution in [2.24, 2.45) is 0 Å². The number of aryl methyl sites for hydroxylation is 1. The van der Waals surface area contributed by atoms with E-state index in [1.165, 1.54) is 0 Å². The Bertz CT molecular complexity index is 516. The van der Waals surface area contributed by atoms with Gasteiger partial charge in [0.05, 0.1) is 0 Å². The third-order valence-electron chi connectivity index (χ3n) is 4.00. The second-order valence-corrected chi connectivity index (χ2v) is 5.40. The highest BCUT2D eigenvalue weighted by atomic mass is 16.2. The minimum atomic E-state index is -0.606. The molecule has 1 saturated heterocycles. The highest BCUT2D eigenvalue weighted by Gasteiger charge is 2.24. The summed E-state index contributed by atoms with van der Waals surface area (Å²) in [5.41, 5.74) is 1.61. The maximum Gasteiger partial charge on any atom is 0.313 e. The normalized spacial score (nSPS) is 18.5. The number of rotatable bonds is 4. The summed E-state index contributed by atoms with van der Waals surface area (Å²) in [6.45, 7) is 6.60. The molecule has 1 fully saturated rings. The molecule has 1 aliphatic rings. The molecule has 0 spiro atoms. The van der Waals surface area contributed by atoms with Gasteiger partial charge in [0.25, 0.3) is 0 Å². The molecule has 0 bridgehead atoms. The molecule has 2 rings (SSSR count). The van der Waals surface area contributed by atoms with Gasteiger partial charge >= 0.3 is 11.8 Å². The summed E-state index contributed by atoms with van der Waals surface area (Å²) < 4.78 is 0. The summed E-state index contributed by atoms with van der Waals surface area (Å²) in [6, 6.07) is 7.76. The largest absolute Gasteiger partial charge is 0.346 e. The standard InChI is InChI=1S/C16H23N3O2/c1-3-19-10-6-8-13(19)11-17-15(20)16(21)18-14-9-5-4-7-12(14)2/h4-5,7,9,13H,3,6,8,10-11H2,1-2H3,(H,17,20)(H,18,21)/t13-/m0/s1. The van der Waals surface area contributed by atoms with Gasteiger partial charge in [-0.15, -0.1) is 0 Å². The van der Waals surface area contributed by atoms with Gasteiger partial charge in [0, 0.05) is 18.3 Å². The van der Waals surface area contributed by atoms with E-state index < -0.39 is 11.8 Å². The summed E-state index contributed by atoms with van der Waals surface area (Å²) in [5.74, 6) is -1.17. The molecule has 1 aromatic carbocycles. The van der Waals surface area contributed by atoms with Crippen LogP contribution in [0.2, 0.25) is 0 Å². The Labute approximate surface area is 125 Å². The van der Waals surface area contributed by atoms with Crippen LogP contribution in [-0.4, -0.2) is 42.4 Å². The topological polar surface area (TPSA) is 61.4 Å². The van der Waals surface area contributed by atoms with Gasteiger partial charge in [-0.3, -0.25) is 14.5 Å². The van der Waals surface area contributed by atoms with Gasteiger partial charge in [0.15, 0.2) is 0 Å². The van der Waals surface area contributed by atoms with Crippen LogP contribution in [-0.2, 0) is 9.59 Å². The Kier molecular flexibility index (Phi) is 5.33. The molecule has 114 valence electrons. The third kappa shape index (κ3) is 4.04. The van der Waals surface area contributed by atoms with Crippen molar-refractivity contribution in [2.45, 2.75) is 32.7 Å².